The summed E-state index contributed by atoms with van der Waals surface area (Å²) in [5.74, 6) is 0.347. The minimum absolute atomic E-state index is 0. The van der Waals surface area contributed by atoms with Gasteiger partial charge in [-0.2, -0.15) is 0 Å². The largest absolute Gasteiger partial charge is 0.563 e. The van der Waals surface area contributed by atoms with Gasteiger partial charge in [0.1, 0.15) is 4.31 Å². The van der Waals surface area contributed by atoms with E-state index in [1.165, 1.54) is 0 Å². The van der Waals surface area contributed by atoms with Crippen molar-refractivity contribution in [3.05, 3.63) is 0 Å². The Labute approximate surface area is 91.3 Å². The van der Waals surface area contributed by atoms with E-state index in [9.17, 15) is 18.9 Å². The van der Waals surface area contributed by atoms with Crippen LogP contribution in [0.4, 0.5) is 0 Å². The Hall–Kier alpha value is 1.07. The number of aliphatic hydroxyl groups excluding tert-OH is 1. The average Bonchev–Trinajstić information content (AvgIpc) is 1.85. The van der Waals surface area contributed by atoms with E-state index in [4.69, 9.17) is 16.7 Å². The summed E-state index contributed by atoms with van der Waals surface area (Å²) in [6.45, 7) is 0.0849. The fourth-order valence-corrected chi connectivity index (χ4v) is 0.490. The molecule has 0 saturated heterocycles. The molecule has 1 N–H and O–H groups in total. The number of hydrogen-bond donors (Lipinski definition) is 1. The molecule has 10 heteroatoms. The summed E-state index contributed by atoms with van der Waals surface area (Å²) in [6, 6.07) is 0. The van der Waals surface area contributed by atoms with E-state index in [1.54, 1.807) is 0 Å². The van der Waals surface area contributed by atoms with E-state index in [1.807, 2.05) is 0 Å². The molecule has 1 radical (unpaired) electrons. The van der Waals surface area contributed by atoms with Crippen molar-refractivity contribution in [3.8, 4) is 0 Å². The van der Waals surface area contributed by atoms with Gasteiger partial charge in [-0.25, -0.2) is 0 Å². The predicted molar refractivity (Wildman–Crippen MR) is 34.1 cm³/mol. The van der Waals surface area contributed by atoms with Crippen LogP contribution in [0.2, 0.25) is 0 Å². The van der Waals surface area contributed by atoms with Crippen molar-refractivity contribution >= 4 is 28.1 Å². The Bertz CT molecular complexity index is 119. The molecular weight excluding hydrogens is 325 g/mol. The van der Waals surface area contributed by atoms with Crippen LogP contribution in [0.3, 0.4) is 0 Å². The molecule has 12 heavy (non-hydrogen) atoms. The summed E-state index contributed by atoms with van der Waals surface area (Å²) in [6.07, 6.45) is 0. The Kier molecular flexibility index (Phi) is 22.8. The van der Waals surface area contributed by atoms with Crippen molar-refractivity contribution < 1.29 is 50.7 Å². The first-order valence-electron chi connectivity index (χ1n) is 2.18. The van der Waals surface area contributed by atoms with E-state index < -0.39 is 16.5 Å². The van der Waals surface area contributed by atoms with Gasteiger partial charge in [0, 0.05) is 28.3 Å². The van der Waals surface area contributed by atoms with Gasteiger partial charge in [0.2, 0.25) is 0 Å². The molecule has 0 aliphatic rings. The van der Waals surface area contributed by atoms with Crippen LogP contribution >= 0.6 is 28.1 Å². The standard InChI is InChI=1S/C2H5ClO.Ag.O5P2/c3-1-2-4;;1-6(2)5-7(3)4/h4H,1-2H2;;. The molecule has 0 aliphatic heterocycles. The van der Waals surface area contributed by atoms with Crippen LogP contribution in [0.5, 0.6) is 0 Å². The van der Waals surface area contributed by atoms with E-state index in [-0.39, 0.29) is 29.0 Å². The van der Waals surface area contributed by atoms with Crippen molar-refractivity contribution in [2.24, 2.45) is 0 Å². The Balaban J connectivity index is -0.000000142. The van der Waals surface area contributed by atoms with Crippen molar-refractivity contribution in [1.29, 1.82) is 0 Å². The SMILES string of the molecule is O=[P+]([O-])O[P+](=O)[O-].OCCCl.[Ag]. The number of hydrogen-bond acceptors (Lipinski definition) is 6. The van der Waals surface area contributed by atoms with Crippen molar-refractivity contribution in [2.75, 3.05) is 12.5 Å². The molecule has 77 valence electrons. The molecule has 0 rings (SSSR count). The minimum Gasteiger partial charge on any atom is -0.563 e. The molecule has 0 amide bonds. The van der Waals surface area contributed by atoms with Gasteiger partial charge in [-0.1, -0.05) is 0 Å². The molecule has 6 nitrogen and oxygen atoms in total. The van der Waals surface area contributed by atoms with Gasteiger partial charge < -0.3 is 14.9 Å². The fourth-order valence-electron chi connectivity index (χ4n) is 0.0544. The molecule has 0 aromatic carbocycles. The Morgan fingerprint density at radius 2 is 1.58 bits per heavy atom. The first-order valence-corrected chi connectivity index (χ1v) is 4.90. The molecule has 0 aliphatic carbocycles. The molecule has 0 aromatic rings. The predicted octanol–water partition coefficient (Wildman–Crippen LogP) is -0.747. The molecule has 0 bridgehead atoms. The van der Waals surface area contributed by atoms with Crippen LogP contribution in [0.25, 0.3) is 0 Å². The molecule has 0 heterocycles. The molecule has 0 fully saturated rings. The fraction of sp³-hybridized carbons (Fsp3) is 1.00. The topological polar surface area (TPSA) is 110 Å². The molecule has 0 spiro atoms. The minimum atomic E-state index is -3.24. The molecular formula is C2H5AgClO6P2. The maximum Gasteiger partial charge on any atom is 0.543 e. The number of aliphatic hydroxyl groups is 1. The number of rotatable bonds is 3. The first kappa shape index (κ1) is 18.8. The van der Waals surface area contributed by atoms with Crippen molar-refractivity contribution in [2.45, 2.75) is 0 Å². The van der Waals surface area contributed by atoms with Crippen LogP contribution in [0, 0.1) is 0 Å². The van der Waals surface area contributed by atoms with Gasteiger partial charge in [0.05, 0.1) is 6.61 Å². The first-order chi connectivity index (χ1) is 5.04. The van der Waals surface area contributed by atoms with Crippen molar-refractivity contribution in [3.63, 3.8) is 0 Å². The zero-order valence-electron chi connectivity index (χ0n) is 5.48. The number of alkyl halides is 1. The van der Waals surface area contributed by atoms with Crippen LogP contribution in [-0.4, -0.2) is 17.6 Å². The van der Waals surface area contributed by atoms with Crippen LogP contribution < -0.4 is 9.79 Å². The quantitative estimate of drug-likeness (QED) is 0.414. The second-order valence-corrected chi connectivity index (χ2v) is 2.87. The van der Waals surface area contributed by atoms with Crippen LogP contribution in [-0.2, 0) is 35.8 Å². The second-order valence-electron chi connectivity index (χ2n) is 0.941. The Morgan fingerprint density at radius 1 is 1.33 bits per heavy atom. The molecule has 2 atom stereocenters. The second kappa shape index (κ2) is 14.6. The van der Waals surface area contributed by atoms with Crippen LogP contribution in [0.15, 0.2) is 0 Å². The molecule has 0 aromatic heterocycles. The summed E-state index contributed by atoms with van der Waals surface area (Å²) in [7, 11) is -6.47. The van der Waals surface area contributed by atoms with E-state index in [2.05, 4.69) is 4.31 Å². The monoisotopic (exact) mass is 329 g/mol. The maximum atomic E-state index is 9.24. The molecule has 0 saturated carbocycles. The third kappa shape index (κ3) is 30.5. The zero-order valence-corrected chi connectivity index (χ0v) is 9.50. The summed E-state index contributed by atoms with van der Waals surface area (Å²) < 4.78 is 21.6. The summed E-state index contributed by atoms with van der Waals surface area (Å²) >= 11 is 4.94. The summed E-state index contributed by atoms with van der Waals surface area (Å²) in [5.41, 5.74) is 0. The van der Waals surface area contributed by atoms with Gasteiger partial charge in [-0.15, -0.1) is 11.6 Å². The third-order valence-electron chi connectivity index (χ3n) is 0.218. The van der Waals surface area contributed by atoms with Gasteiger partial charge in [-0.3, -0.25) is 0 Å². The smallest absolute Gasteiger partial charge is 0.543 e. The van der Waals surface area contributed by atoms with E-state index in [0.29, 0.717) is 5.88 Å². The molecule has 2 unspecified atom stereocenters. The van der Waals surface area contributed by atoms with Crippen molar-refractivity contribution in [1.82, 2.24) is 0 Å². The van der Waals surface area contributed by atoms with Gasteiger partial charge in [0.15, 0.2) is 0 Å². The van der Waals surface area contributed by atoms with Crippen LogP contribution in [0.1, 0.15) is 0 Å². The normalized spacial score (nSPS) is 10.3. The Morgan fingerprint density at radius 3 is 1.58 bits per heavy atom. The van der Waals surface area contributed by atoms with Gasteiger partial charge in [0.25, 0.3) is 0 Å². The zero-order chi connectivity index (χ0) is 9.28. The third-order valence-corrected chi connectivity index (χ3v) is 1.45. The van der Waals surface area contributed by atoms with E-state index in [0.717, 1.165) is 0 Å². The van der Waals surface area contributed by atoms with E-state index >= 15 is 0 Å². The van der Waals surface area contributed by atoms with Gasteiger partial charge in [-0.05, 0) is 9.13 Å². The summed E-state index contributed by atoms with van der Waals surface area (Å²) in [4.78, 5) is 18.5. The average molecular weight is 330 g/mol. The number of halogens is 1. The summed E-state index contributed by atoms with van der Waals surface area (Å²) in [5, 5.41) is 7.74. The van der Waals surface area contributed by atoms with Gasteiger partial charge >= 0.3 is 16.5 Å². The maximum absolute atomic E-state index is 9.24.